The van der Waals surface area contributed by atoms with E-state index in [9.17, 15) is 18.0 Å². The van der Waals surface area contributed by atoms with Gasteiger partial charge in [-0.3, -0.25) is 4.79 Å². The van der Waals surface area contributed by atoms with E-state index in [1.807, 2.05) is 6.92 Å². The second kappa shape index (κ2) is 8.17. The molecule has 0 saturated carbocycles. The predicted octanol–water partition coefficient (Wildman–Crippen LogP) is 3.33. The Labute approximate surface area is 128 Å². The number of hydrogen-bond acceptors (Lipinski definition) is 2. The van der Waals surface area contributed by atoms with Crippen molar-refractivity contribution in [2.24, 2.45) is 5.92 Å². The highest BCUT2D eigenvalue weighted by Gasteiger charge is 2.34. The Morgan fingerprint density at radius 3 is 2.50 bits per heavy atom. The van der Waals surface area contributed by atoms with E-state index in [4.69, 9.17) is 5.11 Å². The quantitative estimate of drug-likeness (QED) is 0.810. The number of halogens is 3. The smallest absolute Gasteiger partial charge is 0.396 e. The normalized spacial score (nSPS) is 14.5. The molecule has 0 aliphatic heterocycles. The predicted molar refractivity (Wildman–Crippen MR) is 78.4 cm³/mol. The zero-order valence-corrected chi connectivity index (χ0v) is 12.8. The molecule has 0 spiro atoms. The molecule has 2 N–H and O–H groups in total. The van der Waals surface area contributed by atoms with Crippen LogP contribution in [-0.2, 0) is 11.0 Å². The summed E-state index contributed by atoms with van der Waals surface area (Å²) in [7, 11) is 0. The Morgan fingerprint density at radius 2 is 1.91 bits per heavy atom. The van der Waals surface area contributed by atoms with Gasteiger partial charge in [-0.2, -0.15) is 13.2 Å². The van der Waals surface area contributed by atoms with Gasteiger partial charge in [-0.25, -0.2) is 0 Å². The number of carbonyl (C=O) groups excluding carboxylic acids is 1. The van der Waals surface area contributed by atoms with E-state index >= 15 is 0 Å². The molecule has 0 aliphatic rings. The number of benzene rings is 1. The summed E-state index contributed by atoms with van der Waals surface area (Å²) in [6, 6.07) is 5.33. The van der Waals surface area contributed by atoms with E-state index in [-0.39, 0.29) is 30.4 Å². The summed E-state index contributed by atoms with van der Waals surface area (Å²) < 4.78 is 38.9. The van der Waals surface area contributed by atoms with Gasteiger partial charge in [0.2, 0.25) is 5.91 Å². The third kappa shape index (κ3) is 5.67. The summed E-state index contributed by atoms with van der Waals surface area (Å²) >= 11 is 0. The van der Waals surface area contributed by atoms with Gasteiger partial charge < -0.3 is 10.4 Å². The second-order valence-corrected chi connectivity index (χ2v) is 5.61. The van der Waals surface area contributed by atoms with Crippen molar-refractivity contribution in [1.82, 2.24) is 5.32 Å². The van der Waals surface area contributed by atoms with Crippen LogP contribution in [0, 0.1) is 5.92 Å². The number of rotatable bonds is 7. The van der Waals surface area contributed by atoms with E-state index in [0.717, 1.165) is 6.07 Å². The van der Waals surface area contributed by atoms with Crippen LogP contribution in [0.5, 0.6) is 0 Å². The highest BCUT2D eigenvalue weighted by molar-refractivity contribution is 5.76. The molecule has 0 aromatic heterocycles. The van der Waals surface area contributed by atoms with E-state index in [0.29, 0.717) is 13.0 Å². The Kier molecular flexibility index (Phi) is 6.87. The maximum atomic E-state index is 13.0. The van der Waals surface area contributed by atoms with E-state index in [2.05, 4.69) is 5.32 Å². The average molecular weight is 317 g/mol. The van der Waals surface area contributed by atoms with Crippen LogP contribution in [0.1, 0.15) is 43.7 Å². The SMILES string of the molecule is CC(CCO)CNC(=O)CC(C)c1ccccc1C(F)(F)F. The monoisotopic (exact) mass is 317 g/mol. The molecule has 0 radical (unpaired) electrons. The lowest BCUT2D eigenvalue weighted by atomic mass is 9.92. The minimum Gasteiger partial charge on any atom is -0.396 e. The standard InChI is InChI=1S/C16H22F3NO2/c1-11(7-8-21)10-20-15(22)9-12(2)13-5-3-4-6-14(13)16(17,18)19/h3-6,11-12,21H,7-10H2,1-2H3,(H,20,22). The molecule has 2 unspecified atom stereocenters. The summed E-state index contributed by atoms with van der Waals surface area (Å²) in [6.07, 6.45) is -3.84. The third-order valence-electron chi connectivity index (χ3n) is 3.56. The van der Waals surface area contributed by atoms with Crippen molar-refractivity contribution in [3.63, 3.8) is 0 Å². The van der Waals surface area contributed by atoms with Gasteiger partial charge in [0.1, 0.15) is 0 Å². The number of amides is 1. The molecule has 1 aromatic rings. The first-order valence-electron chi connectivity index (χ1n) is 7.29. The van der Waals surface area contributed by atoms with Crippen LogP contribution < -0.4 is 5.32 Å². The van der Waals surface area contributed by atoms with Gasteiger partial charge in [0.05, 0.1) is 5.56 Å². The molecule has 0 fully saturated rings. The number of aliphatic hydroxyl groups excluding tert-OH is 1. The van der Waals surface area contributed by atoms with Crippen LogP contribution in [-0.4, -0.2) is 24.2 Å². The highest BCUT2D eigenvalue weighted by Crippen LogP contribution is 2.35. The number of nitrogens with one attached hydrogen (secondary N) is 1. The Bertz CT molecular complexity index is 489. The summed E-state index contributed by atoms with van der Waals surface area (Å²) in [5.41, 5.74) is -0.558. The summed E-state index contributed by atoms with van der Waals surface area (Å²) in [5, 5.41) is 11.5. The summed E-state index contributed by atoms with van der Waals surface area (Å²) in [4.78, 5) is 11.8. The Morgan fingerprint density at radius 1 is 1.27 bits per heavy atom. The molecule has 22 heavy (non-hydrogen) atoms. The molecule has 6 heteroatoms. The van der Waals surface area contributed by atoms with Gasteiger partial charge >= 0.3 is 6.18 Å². The Hall–Kier alpha value is -1.56. The van der Waals surface area contributed by atoms with Crippen LogP contribution >= 0.6 is 0 Å². The molecule has 0 aliphatic carbocycles. The number of carbonyl (C=O) groups is 1. The first-order chi connectivity index (χ1) is 10.3. The molecule has 124 valence electrons. The first-order valence-corrected chi connectivity index (χ1v) is 7.29. The zero-order valence-electron chi connectivity index (χ0n) is 12.8. The van der Waals surface area contributed by atoms with Gasteiger partial charge in [0.15, 0.2) is 0 Å². The molecule has 0 saturated heterocycles. The summed E-state index contributed by atoms with van der Waals surface area (Å²) in [5.74, 6) is -0.674. The van der Waals surface area contributed by atoms with Gasteiger partial charge in [0, 0.05) is 19.6 Å². The van der Waals surface area contributed by atoms with E-state index < -0.39 is 17.7 Å². The van der Waals surface area contributed by atoms with E-state index in [1.54, 1.807) is 13.0 Å². The fourth-order valence-corrected chi connectivity index (χ4v) is 2.26. The zero-order chi connectivity index (χ0) is 16.8. The topological polar surface area (TPSA) is 49.3 Å². The van der Waals surface area contributed by atoms with Crippen LogP contribution in [0.25, 0.3) is 0 Å². The van der Waals surface area contributed by atoms with Crippen molar-refractivity contribution in [3.8, 4) is 0 Å². The highest BCUT2D eigenvalue weighted by atomic mass is 19.4. The van der Waals surface area contributed by atoms with Crippen LogP contribution in [0.4, 0.5) is 13.2 Å². The molecule has 1 amide bonds. The van der Waals surface area contributed by atoms with Gasteiger partial charge in [0.25, 0.3) is 0 Å². The van der Waals surface area contributed by atoms with Gasteiger partial charge in [-0.05, 0) is 29.9 Å². The fraction of sp³-hybridized carbons (Fsp3) is 0.562. The van der Waals surface area contributed by atoms with Crippen LogP contribution in [0.2, 0.25) is 0 Å². The number of alkyl halides is 3. The maximum absolute atomic E-state index is 13.0. The lowest BCUT2D eigenvalue weighted by Crippen LogP contribution is -2.29. The molecule has 1 aromatic carbocycles. The van der Waals surface area contributed by atoms with Crippen molar-refractivity contribution in [3.05, 3.63) is 35.4 Å². The molecule has 0 heterocycles. The molecular weight excluding hydrogens is 295 g/mol. The number of hydrogen-bond donors (Lipinski definition) is 2. The third-order valence-corrected chi connectivity index (χ3v) is 3.56. The van der Waals surface area contributed by atoms with Gasteiger partial charge in [-0.15, -0.1) is 0 Å². The average Bonchev–Trinajstić information content (AvgIpc) is 2.44. The van der Waals surface area contributed by atoms with Crippen molar-refractivity contribution in [1.29, 1.82) is 0 Å². The van der Waals surface area contributed by atoms with Crippen LogP contribution in [0.15, 0.2) is 24.3 Å². The minimum absolute atomic E-state index is 0.00105. The van der Waals surface area contributed by atoms with E-state index in [1.165, 1.54) is 12.1 Å². The summed E-state index contributed by atoms with van der Waals surface area (Å²) in [6.45, 7) is 3.96. The number of aliphatic hydroxyl groups is 1. The molecule has 1 rings (SSSR count). The van der Waals surface area contributed by atoms with Crippen molar-refractivity contribution in [2.45, 2.75) is 38.8 Å². The Balaban J connectivity index is 2.66. The maximum Gasteiger partial charge on any atom is 0.416 e. The first kappa shape index (κ1) is 18.5. The fourth-order valence-electron chi connectivity index (χ4n) is 2.26. The largest absolute Gasteiger partial charge is 0.416 e. The minimum atomic E-state index is -4.42. The van der Waals surface area contributed by atoms with Crippen molar-refractivity contribution in [2.75, 3.05) is 13.2 Å². The van der Waals surface area contributed by atoms with Crippen molar-refractivity contribution < 1.29 is 23.1 Å². The van der Waals surface area contributed by atoms with Crippen LogP contribution in [0.3, 0.4) is 0 Å². The second-order valence-electron chi connectivity index (χ2n) is 5.61. The van der Waals surface area contributed by atoms with Crippen molar-refractivity contribution >= 4 is 5.91 Å². The molecule has 0 bridgehead atoms. The molecule has 3 nitrogen and oxygen atoms in total. The van der Waals surface area contributed by atoms with Gasteiger partial charge in [-0.1, -0.05) is 32.0 Å². The molecular formula is C16H22F3NO2. The lowest BCUT2D eigenvalue weighted by molar-refractivity contribution is -0.138. The molecule has 2 atom stereocenters. The lowest BCUT2D eigenvalue weighted by Gasteiger charge is -2.18.